The van der Waals surface area contributed by atoms with E-state index in [2.05, 4.69) is 22.1 Å². The molecular weight excluding hydrogens is 334 g/mol. The third kappa shape index (κ3) is 3.40. The molecule has 4 rings (SSSR count). The van der Waals surface area contributed by atoms with E-state index in [0.717, 1.165) is 48.4 Å². The van der Waals surface area contributed by atoms with Crippen molar-refractivity contribution in [3.8, 4) is 0 Å². The summed E-state index contributed by atoms with van der Waals surface area (Å²) in [6, 6.07) is 13.7. The van der Waals surface area contributed by atoms with E-state index in [1.807, 2.05) is 35.2 Å². The number of hydrogen-bond donors (Lipinski definition) is 1. The van der Waals surface area contributed by atoms with E-state index in [4.69, 9.17) is 11.6 Å². The summed E-state index contributed by atoms with van der Waals surface area (Å²) in [6.07, 6.45) is 4.94. The van der Waals surface area contributed by atoms with Crippen molar-refractivity contribution in [2.75, 3.05) is 13.1 Å². The molecule has 0 saturated carbocycles. The lowest BCUT2D eigenvalue weighted by Crippen LogP contribution is -2.34. The van der Waals surface area contributed by atoms with Crippen molar-refractivity contribution >= 4 is 28.5 Å². The summed E-state index contributed by atoms with van der Waals surface area (Å²) in [5.74, 6) is 0.456. The number of likely N-dealkylation sites (tertiary alicyclic amines) is 1. The van der Waals surface area contributed by atoms with Gasteiger partial charge in [-0.3, -0.25) is 4.79 Å². The van der Waals surface area contributed by atoms with Crippen LogP contribution in [0, 0.1) is 0 Å². The Morgan fingerprint density at radius 1 is 1.16 bits per heavy atom. The molecular formula is C20H20ClN3O. The molecule has 1 aromatic heterocycles. The van der Waals surface area contributed by atoms with Gasteiger partial charge in [-0.25, -0.2) is 4.98 Å². The number of carbonyl (C=O) groups is 1. The molecule has 1 aliphatic heterocycles. The zero-order chi connectivity index (χ0) is 17.2. The molecule has 0 bridgehead atoms. The molecule has 1 fully saturated rings. The molecule has 1 N–H and O–H groups in total. The predicted molar refractivity (Wildman–Crippen MR) is 100 cm³/mol. The Kier molecular flexibility index (Phi) is 4.45. The largest absolute Gasteiger partial charge is 0.345 e. The van der Waals surface area contributed by atoms with Crippen molar-refractivity contribution in [3.05, 3.63) is 64.9 Å². The number of halogens is 1. The molecule has 3 aromatic rings. The van der Waals surface area contributed by atoms with Crippen molar-refractivity contribution in [1.82, 2.24) is 14.9 Å². The summed E-state index contributed by atoms with van der Waals surface area (Å²) in [4.78, 5) is 22.3. The number of nitrogens with one attached hydrogen (secondary N) is 1. The van der Waals surface area contributed by atoms with E-state index < -0.39 is 0 Å². The summed E-state index contributed by atoms with van der Waals surface area (Å²) >= 11 is 6.01. The summed E-state index contributed by atoms with van der Waals surface area (Å²) < 4.78 is 0. The Labute approximate surface area is 151 Å². The zero-order valence-corrected chi connectivity index (χ0v) is 14.7. The number of aromatic amines is 1. The molecule has 0 aliphatic carbocycles. The number of carbonyl (C=O) groups excluding carboxylic acids is 1. The van der Waals surface area contributed by atoms with Crippen molar-refractivity contribution < 1.29 is 4.79 Å². The topological polar surface area (TPSA) is 49.0 Å². The van der Waals surface area contributed by atoms with Gasteiger partial charge in [-0.1, -0.05) is 30.2 Å². The van der Waals surface area contributed by atoms with Gasteiger partial charge in [0.1, 0.15) is 0 Å². The average molecular weight is 354 g/mol. The number of nitrogens with zero attached hydrogens (tertiary/aromatic N) is 2. The van der Waals surface area contributed by atoms with E-state index >= 15 is 0 Å². The third-order valence-electron chi connectivity index (χ3n) is 4.97. The van der Waals surface area contributed by atoms with Crippen LogP contribution in [-0.2, 0) is 0 Å². The minimum Gasteiger partial charge on any atom is -0.345 e. The number of rotatable bonds is 2. The van der Waals surface area contributed by atoms with Crippen molar-refractivity contribution in [1.29, 1.82) is 0 Å². The monoisotopic (exact) mass is 353 g/mol. The van der Waals surface area contributed by atoms with Gasteiger partial charge >= 0.3 is 0 Å². The Morgan fingerprint density at radius 2 is 2.00 bits per heavy atom. The summed E-state index contributed by atoms with van der Waals surface area (Å²) in [7, 11) is 0. The van der Waals surface area contributed by atoms with E-state index in [9.17, 15) is 4.79 Å². The normalized spacial score (nSPS) is 18.3. The lowest BCUT2D eigenvalue weighted by Gasteiger charge is -2.25. The first-order chi connectivity index (χ1) is 12.2. The maximum Gasteiger partial charge on any atom is 0.253 e. The SMILES string of the molecule is O=C(c1ccc2nc[nH]c2c1)N1CCCC[C@@H](c2ccc(Cl)cc2)C1. The van der Waals surface area contributed by atoms with Crippen LogP contribution in [0.4, 0.5) is 0 Å². The Balaban J connectivity index is 1.57. The van der Waals surface area contributed by atoms with E-state index in [1.54, 1.807) is 6.33 Å². The molecule has 0 unspecified atom stereocenters. The van der Waals surface area contributed by atoms with Crippen molar-refractivity contribution in [2.24, 2.45) is 0 Å². The van der Waals surface area contributed by atoms with E-state index in [1.165, 1.54) is 5.56 Å². The van der Waals surface area contributed by atoms with Crippen LogP contribution in [-0.4, -0.2) is 33.9 Å². The maximum absolute atomic E-state index is 13.0. The molecule has 25 heavy (non-hydrogen) atoms. The first-order valence-corrected chi connectivity index (χ1v) is 9.06. The van der Waals surface area contributed by atoms with Crippen LogP contribution in [0.15, 0.2) is 48.8 Å². The molecule has 1 saturated heterocycles. The highest BCUT2D eigenvalue weighted by Crippen LogP contribution is 2.28. The molecule has 0 radical (unpaired) electrons. The predicted octanol–water partition coefficient (Wildman–Crippen LogP) is 4.63. The number of aromatic nitrogens is 2. The second-order valence-corrected chi connectivity index (χ2v) is 7.07. The van der Waals surface area contributed by atoms with Gasteiger partial charge in [0.05, 0.1) is 17.4 Å². The van der Waals surface area contributed by atoms with Gasteiger partial charge in [-0.2, -0.15) is 0 Å². The Morgan fingerprint density at radius 3 is 2.84 bits per heavy atom. The maximum atomic E-state index is 13.0. The number of hydrogen-bond acceptors (Lipinski definition) is 2. The van der Waals surface area contributed by atoms with Crippen LogP contribution in [0.5, 0.6) is 0 Å². The Bertz CT molecular complexity index is 887. The van der Waals surface area contributed by atoms with Gasteiger partial charge in [0.2, 0.25) is 0 Å². The number of H-pyrrole nitrogens is 1. The second kappa shape index (κ2) is 6.89. The molecule has 4 nitrogen and oxygen atoms in total. The number of amides is 1. The fourth-order valence-electron chi connectivity index (χ4n) is 3.58. The van der Waals surface area contributed by atoms with Crippen LogP contribution in [0.25, 0.3) is 11.0 Å². The van der Waals surface area contributed by atoms with Gasteiger partial charge in [0, 0.05) is 29.6 Å². The quantitative estimate of drug-likeness (QED) is 0.730. The summed E-state index contributed by atoms with van der Waals surface area (Å²) in [6.45, 7) is 1.56. The van der Waals surface area contributed by atoms with Crippen molar-refractivity contribution in [2.45, 2.75) is 25.2 Å². The molecule has 1 atom stereocenters. The van der Waals surface area contributed by atoms with Crippen LogP contribution in [0.2, 0.25) is 5.02 Å². The standard InChI is InChI=1S/C20H20ClN3O/c21-17-7-4-14(5-8-17)16-3-1-2-10-24(12-16)20(25)15-6-9-18-19(11-15)23-13-22-18/h4-9,11,13,16H,1-3,10,12H2,(H,22,23)/t16-/m1/s1. The number of imidazole rings is 1. The van der Waals surface area contributed by atoms with Crippen LogP contribution in [0.1, 0.15) is 41.1 Å². The first kappa shape index (κ1) is 16.2. The lowest BCUT2D eigenvalue weighted by molar-refractivity contribution is 0.0754. The van der Waals surface area contributed by atoms with Crippen LogP contribution < -0.4 is 0 Å². The molecule has 2 aromatic carbocycles. The molecule has 1 aliphatic rings. The van der Waals surface area contributed by atoms with Gasteiger partial charge in [0.15, 0.2) is 0 Å². The Hall–Kier alpha value is -2.33. The first-order valence-electron chi connectivity index (χ1n) is 8.68. The number of fused-ring (bicyclic) bond motifs is 1. The fraction of sp³-hybridized carbons (Fsp3) is 0.300. The summed E-state index contributed by atoms with van der Waals surface area (Å²) in [5, 5.41) is 0.748. The minimum absolute atomic E-state index is 0.0948. The fourth-order valence-corrected chi connectivity index (χ4v) is 3.71. The highest BCUT2D eigenvalue weighted by atomic mass is 35.5. The van der Waals surface area contributed by atoms with Crippen molar-refractivity contribution in [3.63, 3.8) is 0 Å². The van der Waals surface area contributed by atoms with Gasteiger partial charge in [-0.15, -0.1) is 0 Å². The van der Waals surface area contributed by atoms with Gasteiger partial charge < -0.3 is 9.88 Å². The third-order valence-corrected chi connectivity index (χ3v) is 5.22. The second-order valence-electron chi connectivity index (χ2n) is 6.63. The number of benzene rings is 2. The molecule has 2 heterocycles. The van der Waals surface area contributed by atoms with E-state index in [0.29, 0.717) is 11.5 Å². The smallest absolute Gasteiger partial charge is 0.253 e. The highest BCUT2D eigenvalue weighted by molar-refractivity contribution is 6.30. The molecule has 1 amide bonds. The summed E-state index contributed by atoms with van der Waals surface area (Å²) in [5.41, 5.74) is 3.75. The zero-order valence-electron chi connectivity index (χ0n) is 13.9. The average Bonchev–Trinajstić information content (AvgIpc) is 2.97. The highest BCUT2D eigenvalue weighted by Gasteiger charge is 2.24. The van der Waals surface area contributed by atoms with Gasteiger partial charge in [0.25, 0.3) is 5.91 Å². The van der Waals surface area contributed by atoms with E-state index in [-0.39, 0.29) is 5.91 Å². The van der Waals surface area contributed by atoms with Crippen LogP contribution in [0.3, 0.4) is 0 Å². The molecule has 128 valence electrons. The lowest BCUT2D eigenvalue weighted by atomic mass is 9.94. The molecule has 5 heteroatoms. The minimum atomic E-state index is 0.0948. The molecule has 0 spiro atoms. The van der Waals surface area contributed by atoms with Crippen LogP contribution >= 0.6 is 11.6 Å². The van der Waals surface area contributed by atoms with Gasteiger partial charge in [-0.05, 0) is 48.7 Å².